The first kappa shape index (κ1) is 15.7. The summed E-state index contributed by atoms with van der Waals surface area (Å²) in [4.78, 5) is 12.5. The third-order valence-corrected chi connectivity index (χ3v) is 4.45. The number of ether oxygens (including phenoxy) is 1. The summed E-state index contributed by atoms with van der Waals surface area (Å²) in [6.45, 7) is 10.2. The van der Waals surface area contributed by atoms with Crippen LogP contribution in [0.5, 0.6) is 0 Å². The van der Waals surface area contributed by atoms with Crippen LogP contribution in [0.25, 0.3) is 0 Å². The van der Waals surface area contributed by atoms with Crippen LogP contribution in [0, 0.1) is 11.3 Å². The molecule has 0 fully saturated rings. The normalized spacial score (nSPS) is 17.3. The number of carbonyl (C=O) groups excluding carboxylic acids is 1. The van der Waals surface area contributed by atoms with Crippen molar-refractivity contribution in [1.82, 2.24) is 0 Å². The van der Waals surface area contributed by atoms with Crippen LogP contribution in [0.2, 0.25) is 0 Å². The quantitative estimate of drug-likeness (QED) is 0.691. The second-order valence-electron chi connectivity index (χ2n) is 5.54. The fraction of sp³-hybridized carbons (Fsp3) is 0.588. The van der Waals surface area contributed by atoms with Gasteiger partial charge in [-0.2, -0.15) is 0 Å². The van der Waals surface area contributed by atoms with E-state index in [0.717, 1.165) is 18.4 Å². The molecule has 3 unspecified atom stereocenters. The summed E-state index contributed by atoms with van der Waals surface area (Å²) >= 11 is 0. The average Bonchev–Trinajstić information content (AvgIpc) is 2.46. The Kier molecular flexibility index (Phi) is 5.59. The minimum atomic E-state index is -0.391. The summed E-state index contributed by atoms with van der Waals surface area (Å²) in [5, 5.41) is 0. The Morgan fingerprint density at radius 3 is 2.26 bits per heavy atom. The number of esters is 1. The van der Waals surface area contributed by atoms with E-state index in [-0.39, 0.29) is 12.1 Å². The van der Waals surface area contributed by atoms with E-state index in [0.29, 0.717) is 5.92 Å². The molecule has 0 saturated carbocycles. The minimum absolute atomic E-state index is 0.0827. The molecule has 3 atom stereocenters. The molecule has 1 rings (SSSR count). The second kappa shape index (κ2) is 6.74. The van der Waals surface area contributed by atoms with Crippen molar-refractivity contribution < 1.29 is 9.53 Å². The van der Waals surface area contributed by atoms with E-state index in [9.17, 15) is 4.79 Å². The topological polar surface area (TPSA) is 26.3 Å². The molecule has 1 aromatic carbocycles. The third kappa shape index (κ3) is 3.59. The van der Waals surface area contributed by atoms with Crippen LogP contribution in [0.4, 0.5) is 0 Å². The van der Waals surface area contributed by atoms with Crippen molar-refractivity contribution in [2.45, 2.75) is 53.6 Å². The molecule has 0 aliphatic rings. The van der Waals surface area contributed by atoms with Crippen LogP contribution in [0.3, 0.4) is 0 Å². The highest BCUT2D eigenvalue weighted by atomic mass is 16.5. The molecule has 19 heavy (non-hydrogen) atoms. The van der Waals surface area contributed by atoms with E-state index in [4.69, 9.17) is 4.74 Å². The monoisotopic (exact) mass is 262 g/mol. The molecule has 0 saturated heterocycles. The second-order valence-corrected chi connectivity index (χ2v) is 5.54. The van der Waals surface area contributed by atoms with E-state index in [1.54, 1.807) is 0 Å². The van der Waals surface area contributed by atoms with Crippen molar-refractivity contribution >= 4 is 5.97 Å². The van der Waals surface area contributed by atoms with E-state index >= 15 is 0 Å². The molecule has 2 nitrogen and oxygen atoms in total. The molecule has 0 aromatic heterocycles. The van der Waals surface area contributed by atoms with Crippen molar-refractivity contribution in [1.29, 1.82) is 0 Å². The van der Waals surface area contributed by atoms with Crippen LogP contribution < -0.4 is 0 Å². The molecule has 0 radical (unpaired) electrons. The van der Waals surface area contributed by atoms with Crippen molar-refractivity contribution in [3.05, 3.63) is 35.9 Å². The van der Waals surface area contributed by atoms with Gasteiger partial charge in [0.05, 0.1) is 5.41 Å². The van der Waals surface area contributed by atoms with Crippen LogP contribution in [-0.2, 0) is 9.53 Å². The van der Waals surface area contributed by atoms with Crippen LogP contribution >= 0.6 is 0 Å². The van der Waals surface area contributed by atoms with Gasteiger partial charge < -0.3 is 4.74 Å². The Labute approximate surface area is 117 Å². The lowest BCUT2D eigenvalue weighted by Gasteiger charge is -2.33. The smallest absolute Gasteiger partial charge is 0.312 e. The zero-order chi connectivity index (χ0) is 14.5. The molecule has 0 aliphatic heterocycles. The van der Waals surface area contributed by atoms with Gasteiger partial charge in [0.2, 0.25) is 0 Å². The number of hydrogen-bond donors (Lipinski definition) is 0. The Bertz CT molecular complexity index is 399. The van der Waals surface area contributed by atoms with Gasteiger partial charge in [0.1, 0.15) is 6.10 Å². The molecular weight excluding hydrogens is 236 g/mol. The fourth-order valence-corrected chi connectivity index (χ4v) is 2.23. The molecule has 0 N–H and O–H groups in total. The molecular formula is C17H26O2. The largest absolute Gasteiger partial charge is 0.457 e. The van der Waals surface area contributed by atoms with Crippen molar-refractivity contribution in [3.8, 4) is 0 Å². The van der Waals surface area contributed by atoms with Crippen molar-refractivity contribution in [2.24, 2.45) is 11.3 Å². The summed E-state index contributed by atoms with van der Waals surface area (Å²) in [6, 6.07) is 9.88. The Morgan fingerprint density at radius 2 is 1.79 bits per heavy atom. The summed E-state index contributed by atoms with van der Waals surface area (Å²) in [5.74, 6) is 0.244. The van der Waals surface area contributed by atoms with Crippen LogP contribution in [0.15, 0.2) is 30.3 Å². The average molecular weight is 262 g/mol. The van der Waals surface area contributed by atoms with Crippen molar-refractivity contribution in [2.75, 3.05) is 0 Å². The van der Waals surface area contributed by atoms with Crippen LogP contribution in [0.1, 0.15) is 59.1 Å². The maximum Gasteiger partial charge on any atom is 0.312 e. The number of benzene rings is 1. The van der Waals surface area contributed by atoms with Gasteiger partial charge in [-0.05, 0) is 31.7 Å². The lowest BCUT2D eigenvalue weighted by atomic mass is 9.74. The molecule has 0 aliphatic carbocycles. The predicted molar refractivity (Wildman–Crippen MR) is 78.8 cm³/mol. The molecule has 2 heteroatoms. The maximum absolute atomic E-state index is 12.5. The predicted octanol–water partition coefficient (Wildman–Crippen LogP) is 4.75. The van der Waals surface area contributed by atoms with E-state index in [2.05, 4.69) is 20.8 Å². The van der Waals surface area contributed by atoms with Gasteiger partial charge in [-0.25, -0.2) is 0 Å². The number of carbonyl (C=O) groups is 1. The van der Waals surface area contributed by atoms with Gasteiger partial charge >= 0.3 is 5.97 Å². The molecule has 1 aromatic rings. The van der Waals surface area contributed by atoms with Gasteiger partial charge in [0.25, 0.3) is 0 Å². The summed E-state index contributed by atoms with van der Waals surface area (Å²) < 4.78 is 5.68. The first-order valence-corrected chi connectivity index (χ1v) is 7.21. The molecule has 0 amide bonds. The van der Waals surface area contributed by atoms with E-state index in [1.807, 2.05) is 44.2 Å². The Morgan fingerprint density at radius 1 is 1.21 bits per heavy atom. The van der Waals surface area contributed by atoms with E-state index in [1.165, 1.54) is 0 Å². The highest BCUT2D eigenvalue weighted by molar-refractivity contribution is 5.77. The van der Waals surface area contributed by atoms with Gasteiger partial charge in [-0.15, -0.1) is 0 Å². The number of hydrogen-bond acceptors (Lipinski definition) is 2. The Hall–Kier alpha value is -1.31. The molecule has 0 spiro atoms. The molecule has 106 valence electrons. The summed E-state index contributed by atoms with van der Waals surface area (Å²) in [7, 11) is 0. The summed E-state index contributed by atoms with van der Waals surface area (Å²) in [5.41, 5.74) is 0.649. The zero-order valence-corrected chi connectivity index (χ0v) is 12.8. The summed E-state index contributed by atoms with van der Waals surface area (Å²) in [6.07, 6.45) is 1.60. The lowest BCUT2D eigenvalue weighted by Crippen LogP contribution is -2.36. The first-order valence-electron chi connectivity index (χ1n) is 7.21. The van der Waals surface area contributed by atoms with Crippen molar-refractivity contribution in [3.63, 3.8) is 0 Å². The van der Waals surface area contributed by atoms with E-state index < -0.39 is 5.41 Å². The maximum atomic E-state index is 12.5. The number of rotatable bonds is 6. The zero-order valence-electron chi connectivity index (χ0n) is 12.8. The third-order valence-electron chi connectivity index (χ3n) is 4.45. The Balaban J connectivity index is 2.78. The standard InChI is InChI=1S/C17H26O2/c1-6-13(3)17(5,7-2)16(18)19-14(4)15-11-9-8-10-12-15/h8-14H,6-7H2,1-5H3. The van der Waals surface area contributed by atoms with Gasteiger partial charge in [0.15, 0.2) is 0 Å². The highest BCUT2D eigenvalue weighted by Gasteiger charge is 2.38. The molecule has 0 bridgehead atoms. The van der Waals surface area contributed by atoms with Gasteiger partial charge in [0, 0.05) is 0 Å². The van der Waals surface area contributed by atoms with Crippen LogP contribution in [-0.4, -0.2) is 5.97 Å². The SMILES string of the molecule is CCC(C)C(C)(CC)C(=O)OC(C)c1ccccc1. The highest BCUT2D eigenvalue weighted by Crippen LogP contribution is 2.36. The first-order chi connectivity index (χ1) is 8.95. The minimum Gasteiger partial charge on any atom is -0.457 e. The molecule has 0 heterocycles. The van der Waals surface area contributed by atoms with Gasteiger partial charge in [-0.1, -0.05) is 57.5 Å². The fourth-order valence-electron chi connectivity index (χ4n) is 2.23. The van der Waals surface area contributed by atoms with Gasteiger partial charge in [-0.3, -0.25) is 4.79 Å². The lowest BCUT2D eigenvalue weighted by molar-refractivity contribution is -0.163.